The Morgan fingerprint density at radius 1 is 1.03 bits per heavy atom. The van der Waals surface area contributed by atoms with Crippen LogP contribution in [0.4, 0.5) is 11.4 Å². The van der Waals surface area contributed by atoms with Crippen LogP contribution in [0.15, 0.2) is 72.9 Å². The summed E-state index contributed by atoms with van der Waals surface area (Å²) in [6, 6.07) is 22.4. The number of nitrogens with one attached hydrogen (secondary N) is 2. The summed E-state index contributed by atoms with van der Waals surface area (Å²) in [5.74, 6) is -0.191. The standard InChI is InChI=1S/C31H33N5O2S/c1-19-10-6-7-12-27(19)35-21(3)17-24(22(35)4)30-29(26-11-8-9-15-32-26)34-31(39)36(30)23-13-14-25(20(2)16-23)33-28(37)18-38-5/h6-17,29-30H,18H2,1-5H3,(H,33,37)(H,34,39)/t29-,30-/m1/s1. The number of hydrogen-bond acceptors (Lipinski definition) is 4. The van der Waals surface area contributed by atoms with Gasteiger partial charge in [0.2, 0.25) is 5.91 Å². The molecule has 7 nitrogen and oxygen atoms in total. The molecule has 2 N–H and O–H groups in total. The maximum atomic E-state index is 12.1. The van der Waals surface area contributed by atoms with E-state index in [1.54, 1.807) is 0 Å². The molecule has 1 fully saturated rings. The third-order valence-electron chi connectivity index (χ3n) is 7.28. The van der Waals surface area contributed by atoms with Crippen LogP contribution < -0.4 is 15.5 Å². The molecule has 0 spiro atoms. The zero-order valence-electron chi connectivity index (χ0n) is 22.9. The van der Waals surface area contributed by atoms with Crippen molar-refractivity contribution in [2.24, 2.45) is 0 Å². The van der Waals surface area contributed by atoms with Crippen molar-refractivity contribution in [3.63, 3.8) is 0 Å². The Balaban J connectivity index is 1.62. The van der Waals surface area contributed by atoms with Crippen molar-refractivity contribution in [3.8, 4) is 5.69 Å². The first-order chi connectivity index (χ1) is 18.8. The first kappa shape index (κ1) is 26.6. The van der Waals surface area contributed by atoms with Crippen LogP contribution in [0, 0.1) is 27.7 Å². The zero-order chi connectivity index (χ0) is 27.7. The molecule has 1 aliphatic rings. The van der Waals surface area contributed by atoms with E-state index >= 15 is 0 Å². The summed E-state index contributed by atoms with van der Waals surface area (Å²) >= 11 is 5.95. The van der Waals surface area contributed by atoms with Gasteiger partial charge in [-0.15, -0.1) is 0 Å². The molecule has 4 aromatic rings. The Hall–Kier alpha value is -4.01. The summed E-state index contributed by atoms with van der Waals surface area (Å²) in [7, 11) is 1.51. The van der Waals surface area contributed by atoms with Gasteiger partial charge in [-0.05, 0) is 99.1 Å². The number of aryl methyl sites for hydroxylation is 3. The molecule has 2 aromatic heterocycles. The first-order valence-electron chi connectivity index (χ1n) is 12.9. The van der Waals surface area contributed by atoms with Gasteiger partial charge in [-0.2, -0.15) is 0 Å². The van der Waals surface area contributed by atoms with Crippen molar-refractivity contribution in [3.05, 3.63) is 107 Å². The third kappa shape index (κ3) is 5.05. The molecule has 8 heteroatoms. The fourth-order valence-corrected chi connectivity index (χ4v) is 5.82. The molecular weight excluding hydrogens is 506 g/mol. The Labute approximate surface area is 234 Å². The molecule has 1 aliphatic heterocycles. The highest BCUT2D eigenvalue weighted by Crippen LogP contribution is 2.44. The minimum atomic E-state index is -0.191. The Morgan fingerprint density at radius 3 is 2.49 bits per heavy atom. The monoisotopic (exact) mass is 539 g/mol. The van der Waals surface area contributed by atoms with Crippen molar-refractivity contribution >= 4 is 34.6 Å². The van der Waals surface area contributed by atoms with Gasteiger partial charge in [0.15, 0.2) is 5.11 Å². The maximum Gasteiger partial charge on any atom is 0.250 e. The molecule has 0 bridgehead atoms. The lowest BCUT2D eigenvalue weighted by Gasteiger charge is -2.29. The zero-order valence-corrected chi connectivity index (χ0v) is 23.7. The second kappa shape index (κ2) is 11.0. The van der Waals surface area contributed by atoms with Gasteiger partial charge in [-0.3, -0.25) is 9.78 Å². The molecule has 39 heavy (non-hydrogen) atoms. The third-order valence-corrected chi connectivity index (χ3v) is 7.60. The van der Waals surface area contributed by atoms with Gasteiger partial charge in [0.25, 0.3) is 0 Å². The molecule has 1 amide bonds. The van der Waals surface area contributed by atoms with Crippen molar-refractivity contribution in [1.82, 2.24) is 14.9 Å². The number of hydrogen-bond donors (Lipinski definition) is 2. The average Bonchev–Trinajstić information content (AvgIpc) is 3.41. The van der Waals surface area contributed by atoms with Gasteiger partial charge >= 0.3 is 0 Å². The van der Waals surface area contributed by atoms with Crippen molar-refractivity contribution < 1.29 is 9.53 Å². The van der Waals surface area contributed by atoms with Crippen LogP contribution >= 0.6 is 12.2 Å². The SMILES string of the molecule is COCC(=O)Nc1ccc(N2C(=S)N[C@H](c3ccccn3)[C@H]2c2cc(C)n(-c3ccccc3C)c2C)cc1C. The molecule has 200 valence electrons. The largest absolute Gasteiger partial charge is 0.375 e. The van der Waals surface area contributed by atoms with Crippen LogP contribution in [0.2, 0.25) is 0 Å². The van der Waals surface area contributed by atoms with Gasteiger partial charge in [0, 0.05) is 41.8 Å². The minimum Gasteiger partial charge on any atom is -0.375 e. The van der Waals surface area contributed by atoms with E-state index in [2.05, 4.69) is 77.3 Å². The fraction of sp³-hybridized carbons (Fsp3) is 0.258. The number of carbonyl (C=O) groups excluding carboxylic acids is 1. The fourth-order valence-electron chi connectivity index (χ4n) is 5.48. The van der Waals surface area contributed by atoms with Crippen LogP contribution in [-0.2, 0) is 9.53 Å². The van der Waals surface area contributed by atoms with E-state index < -0.39 is 0 Å². The normalized spacial score (nSPS) is 16.8. The number of pyridine rings is 1. The molecule has 3 heterocycles. The van der Waals surface area contributed by atoms with E-state index in [1.807, 2.05) is 43.5 Å². The molecular formula is C31H33N5O2S. The molecule has 0 saturated carbocycles. The number of ether oxygens (including phenoxy) is 1. The van der Waals surface area contributed by atoms with E-state index in [4.69, 9.17) is 21.9 Å². The summed E-state index contributed by atoms with van der Waals surface area (Å²) in [5.41, 5.74) is 9.41. The topological polar surface area (TPSA) is 71.4 Å². The van der Waals surface area contributed by atoms with Crippen LogP contribution in [0.25, 0.3) is 5.69 Å². The van der Waals surface area contributed by atoms with Crippen LogP contribution in [0.5, 0.6) is 0 Å². The highest BCUT2D eigenvalue weighted by Gasteiger charge is 2.42. The minimum absolute atomic E-state index is 0.00561. The molecule has 1 saturated heterocycles. The number of anilines is 2. The van der Waals surface area contributed by atoms with Crippen molar-refractivity contribution in [2.75, 3.05) is 23.9 Å². The molecule has 0 unspecified atom stereocenters. The number of nitrogens with zero attached hydrogens (tertiary/aromatic N) is 3. The molecule has 0 radical (unpaired) electrons. The van der Waals surface area contributed by atoms with Gasteiger partial charge in [-0.1, -0.05) is 24.3 Å². The van der Waals surface area contributed by atoms with Crippen LogP contribution in [0.3, 0.4) is 0 Å². The smallest absolute Gasteiger partial charge is 0.250 e. The Morgan fingerprint density at radius 2 is 1.79 bits per heavy atom. The maximum absolute atomic E-state index is 12.1. The summed E-state index contributed by atoms with van der Waals surface area (Å²) in [5, 5.41) is 7.10. The van der Waals surface area contributed by atoms with Crippen molar-refractivity contribution in [1.29, 1.82) is 0 Å². The number of aromatic nitrogens is 2. The van der Waals surface area contributed by atoms with E-state index in [9.17, 15) is 4.79 Å². The number of benzene rings is 2. The number of para-hydroxylation sites is 1. The average molecular weight is 540 g/mol. The number of amides is 1. The van der Waals surface area contributed by atoms with E-state index in [0.717, 1.165) is 34.0 Å². The van der Waals surface area contributed by atoms with Gasteiger partial charge < -0.3 is 24.8 Å². The first-order valence-corrected chi connectivity index (χ1v) is 13.4. The lowest BCUT2D eigenvalue weighted by Crippen LogP contribution is -2.29. The molecule has 0 aliphatic carbocycles. The van der Waals surface area contributed by atoms with Gasteiger partial charge in [-0.25, -0.2) is 0 Å². The van der Waals surface area contributed by atoms with Gasteiger partial charge in [0.1, 0.15) is 6.61 Å². The van der Waals surface area contributed by atoms with E-state index in [0.29, 0.717) is 5.11 Å². The van der Waals surface area contributed by atoms with Crippen LogP contribution in [0.1, 0.15) is 45.9 Å². The lowest BCUT2D eigenvalue weighted by atomic mass is 9.96. The summed E-state index contributed by atoms with van der Waals surface area (Å²) < 4.78 is 7.28. The molecule has 5 rings (SSSR count). The summed E-state index contributed by atoms with van der Waals surface area (Å²) in [4.78, 5) is 19.0. The Kier molecular flexibility index (Phi) is 7.50. The lowest BCUT2D eigenvalue weighted by molar-refractivity contribution is -0.119. The highest BCUT2D eigenvalue weighted by atomic mass is 32.1. The molecule has 2 aromatic carbocycles. The number of methoxy groups -OCH3 is 1. The summed E-state index contributed by atoms with van der Waals surface area (Å²) in [6.07, 6.45) is 1.82. The number of rotatable bonds is 7. The van der Waals surface area contributed by atoms with E-state index in [-0.39, 0.29) is 24.6 Å². The van der Waals surface area contributed by atoms with E-state index in [1.165, 1.54) is 23.9 Å². The predicted octanol–water partition coefficient (Wildman–Crippen LogP) is 5.87. The predicted molar refractivity (Wildman–Crippen MR) is 160 cm³/mol. The second-order valence-electron chi connectivity index (χ2n) is 9.93. The molecule has 2 atom stereocenters. The Bertz CT molecular complexity index is 1530. The number of carbonyl (C=O) groups is 1. The number of thiocarbonyl (C=S) groups is 1. The quantitative estimate of drug-likeness (QED) is 0.286. The van der Waals surface area contributed by atoms with Gasteiger partial charge in [0.05, 0.1) is 17.8 Å². The highest BCUT2D eigenvalue weighted by molar-refractivity contribution is 7.80. The van der Waals surface area contributed by atoms with Crippen LogP contribution in [-0.4, -0.2) is 34.3 Å². The second-order valence-corrected chi connectivity index (χ2v) is 10.3. The van der Waals surface area contributed by atoms with Crippen molar-refractivity contribution in [2.45, 2.75) is 39.8 Å². The summed E-state index contributed by atoms with van der Waals surface area (Å²) in [6.45, 7) is 8.44.